The van der Waals surface area contributed by atoms with Gasteiger partial charge in [-0.25, -0.2) is 9.55 Å². The van der Waals surface area contributed by atoms with Gasteiger partial charge in [0.25, 0.3) is 0 Å². The largest absolute Gasteiger partial charge is 0.479 e. The molecule has 0 spiro atoms. The number of aromatic nitrogens is 4. The number of benzene rings is 1. The van der Waals surface area contributed by atoms with Crippen molar-refractivity contribution in [2.45, 2.75) is 31.8 Å². The zero-order chi connectivity index (χ0) is 25.2. The molecule has 12 nitrogen and oxygen atoms in total. The highest BCUT2D eigenvalue weighted by Gasteiger charge is 2.37. The van der Waals surface area contributed by atoms with Crippen LogP contribution >= 0.6 is 23.7 Å². The van der Waals surface area contributed by atoms with Gasteiger partial charge >= 0.3 is 13.7 Å². The maximum absolute atomic E-state index is 13.5. The van der Waals surface area contributed by atoms with Gasteiger partial charge < -0.3 is 24.3 Å². The summed E-state index contributed by atoms with van der Waals surface area (Å²) in [5.41, 5.74) is 6.93. The molecule has 1 fully saturated rings. The van der Waals surface area contributed by atoms with E-state index in [0.29, 0.717) is 22.8 Å². The summed E-state index contributed by atoms with van der Waals surface area (Å²) in [6.07, 6.45) is 3.16. The van der Waals surface area contributed by atoms with Crippen LogP contribution in [0, 0.1) is 5.92 Å². The Balaban J connectivity index is 1.42. The van der Waals surface area contributed by atoms with Gasteiger partial charge in [-0.3, -0.25) is 9.32 Å². The molecule has 35 heavy (non-hydrogen) atoms. The first-order valence-electron chi connectivity index (χ1n) is 10.8. The Morgan fingerprint density at radius 3 is 2.66 bits per heavy atom. The second-order valence-electron chi connectivity index (χ2n) is 8.12. The number of methoxy groups -OCH3 is 2. The van der Waals surface area contributed by atoms with Gasteiger partial charge in [0.1, 0.15) is 11.8 Å². The first kappa shape index (κ1) is 25.4. The summed E-state index contributed by atoms with van der Waals surface area (Å²) in [4.78, 5) is 24.6. The standard InChI is InChI=1S/C21H26BrN6O6P/c1-12(20(29)32-3)27-35(30,34-16-6-4-14(22)5-7-16)33-10-13-8-15(9-13)28-11-24-17-18(28)25-21(23)26-19(17)31-2/h4-7,11-13,15H,8-10H2,1-3H3,(H,27,30)(H2,23,25,26)/t12-,13?,15?,35?/m0/s1. The number of ether oxygens (including phenoxy) is 2. The molecule has 1 saturated carbocycles. The van der Waals surface area contributed by atoms with E-state index >= 15 is 0 Å². The van der Waals surface area contributed by atoms with Crippen LogP contribution in [0.5, 0.6) is 11.6 Å². The zero-order valence-corrected chi connectivity index (χ0v) is 21.9. The van der Waals surface area contributed by atoms with Crippen molar-refractivity contribution in [1.82, 2.24) is 24.6 Å². The summed E-state index contributed by atoms with van der Waals surface area (Å²) < 4.78 is 37.7. The highest BCUT2D eigenvalue weighted by atomic mass is 79.9. The van der Waals surface area contributed by atoms with Crippen molar-refractivity contribution in [3.63, 3.8) is 0 Å². The van der Waals surface area contributed by atoms with Gasteiger partial charge in [-0.15, -0.1) is 0 Å². The topological polar surface area (TPSA) is 153 Å². The fourth-order valence-corrected chi connectivity index (χ4v) is 5.60. The Kier molecular flexibility index (Phi) is 7.60. The Bertz CT molecular complexity index is 1250. The molecule has 1 unspecified atom stereocenters. The molecule has 3 aromatic rings. The number of rotatable bonds is 10. The summed E-state index contributed by atoms with van der Waals surface area (Å²) in [7, 11) is -1.13. The van der Waals surface area contributed by atoms with Gasteiger partial charge in [0, 0.05) is 10.5 Å². The van der Waals surface area contributed by atoms with Gasteiger partial charge in [-0.05, 0) is 49.9 Å². The molecule has 0 aliphatic heterocycles. The molecule has 4 rings (SSSR count). The van der Waals surface area contributed by atoms with Crippen LogP contribution in [-0.2, 0) is 18.6 Å². The van der Waals surface area contributed by atoms with Crippen LogP contribution in [0.1, 0.15) is 25.8 Å². The fraction of sp³-hybridized carbons (Fsp3) is 0.429. The summed E-state index contributed by atoms with van der Waals surface area (Å²) in [5, 5.41) is 2.66. The van der Waals surface area contributed by atoms with E-state index in [-0.39, 0.29) is 24.5 Å². The van der Waals surface area contributed by atoms with Gasteiger partial charge in [-0.2, -0.15) is 15.1 Å². The van der Waals surface area contributed by atoms with Crippen LogP contribution in [0.4, 0.5) is 5.95 Å². The number of nitrogens with two attached hydrogens (primary N) is 1. The minimum Gasteiger partial charge on any atom is -0.479 e. The van der Waals surface area contributed by atoms with E-state index in [9.17, 15) is 9.36 Å². The summed E-state index contributed by atoms with van der Waals surface area (Å²) in [6.45, 7) is 1.69. The normalized spacial score (nSPS) is 20.0. The quantitative estimate of drug-likeness (QED) is 0.273. The van der Waals surface area contributed by atoms with Crippen molar-refractivity contribution < 1.29 is 27.9 Å². The number of nitrogens with one attached hydrogen (secondary N) is 1. The number of carbonyl (C=O) groups is 1. The average molecular weight is 569 g/mol. The van der Waals surface area contributed by atoms with E-state index in [2.05, 4.69) is 36.0 Å². The smallest absolute Gasteiger partial charge is 0.459 e. The average Bonchev–Trinajstić information content (AvgIpc) is 3.21. The van der Waals surface area contributed by atoms with Crippen molar-refractivity contribution in [1.29, 1.82) is 0 Å². The van der Waals surface area contributed by atoms with Crippen LogP contribution in [0.2, 0.25) is 0 Å². The number of fused-ring (bicyclic) bond motifs is 1. The molecule has 3 N–H and O–H groups in total. The molecular formula is C21H26BrN6O6P. The van der Waals surface area contributed by atoms with E-state index in [4.69, 9.17) is 24.3 Å². The second-order valence-corrected chi connectivity index (χ2v) is 10.7. The lowest BCUT2D eigenvalue weighted by Gasteiger charge is -2.36. The van der Waals surface area contributed by atoms with Crippen molar-refractivity contribution in [2.24, 2.45) is 5.92 Å². The third-order valence-corrected chi connectivity index (χ3v) is 7.80. The van der Waals surface area contributed by atoms with E-state index < -0.39 is 19.8 Å². The second kappa shape index (κ2) is 10.5. The van der Waals surface area contributed by atoms with Gasteiger partial charge in [-0.1, -0.05) is 15.9 Å². The monoisotopic (exact) mass is 568 g/mol. The molecule has 2 atom stereocenters. The van der Waals surface area contributed by atoms with Crippen molar-refractivity contribution in [3.05, 3.63) is 35.1 Å². The molecule has 0 radical (unpaired) electrons. The highest BCUT2D eigenvalue weighted by molar-refractivity contribution is 9.10. The number of imidazole rings is 1. The van der Waals surface area contributed by atoms with E-state index in [1.807, 2.05) is 4.57 Å². The molecule has 2 aromatic heterocycles. The number of anilines is 1. The van der Waals surface area contributed by atoms with Gasteiger partial charge in [0.2, 0.25) is 11.8 Å². The maximum atomic E-state index is 13.5. The molecule has 0 saturated heterocycles. The summed E-state index contributed by atoms with van der Waals surface area (Å²) in [5.74, 6) is 0.286. The first-order valence-corrected chi connectivity index (χ1v) is 13.1. The number of hydrogen-bond donors (Lipinski definition) is 2. The van der Waals surface area contributed by atoms with Crippen LogP contribution in [0.3, 0.4) is 0 Å². The lowest BCUT2D eigenvalue weighted by Crippen LogP contribution is -2.36. The van der Waals surface area contributed by atoms with Crippen molar-refractivity contribution in [2.75, 3.05) is 26.6 Å². The predicted molar refractivity (Wildman–Crippen MR) is 131 cm³/mol. The molecular weight excluding hydrogens is 543 g/mol. The van der Waals surface area contributed by atoms with Gasteiger partial charge in [0.15, 0.2) is 11.2 Å². The zero-order valence-electron chi connectivity index (χ0n) is 19.4. The molecule has 188 valence electrons. The molecule has 1 aromatic carbocycles. The van der Waals surface area contributed by atoms with E-state index in [1.54, 1.807) is 30.6 Å². The van der Waals surface area contributed by atoms with E-state index in [1.165, 1.54) is 21.1 Å². The fourth-order valence-electron chi connectivity index (χ4n) is 3.77. The Hall–Kier alpha value is -2.73. The molecule has 2 heterocycles. The van der Waals surface area contributed by atoms with Crippen LogP contribution < -0.4 is 20.1 Å². The number of halogens is 1. The lowest BCUT2D eigenvalue weighted by atomic mass is 9.81. The number of nitrogens with zero attached hydrogens (tertiary/aromatic N) is 4. The number of nitrogen functional groups attached to an aromatic ring is 1. The molecule has 1 aliphatic carbocycles. The highest BCUT2D eigenvalue weighted by Crippen LogP contribution is 2.48. The summed E-state index contributed by atoms with van der Waals surface area (Å²) >= 11 is 3.35. The number of hydrogen-bond acceptors (Lipinski definition) is 10. The Morgan fingerprint density at radius 1 is 1.29 bits per heavy atom. The minimum atomic E-state index is -3.89. The Labute approximate surface area is 210 Å². The van der Waals surface area contributed by atoms with Crippen LogP contribution in [-0.4, -0.2) is 52.4 Å². The number of esters is 1. The third-order valence-electron chi connectivity index (χ3n) is 5.63. The molecule has 14 heteroatoms. The van der Waals surface area contributed by atoms with Crippen LogP contribution in [0.25, 0.3) is 11.2 Å². The van der Waals surface area contributed by atoms with E-state index in [0.717, 1.165) is 17.3 Å². The summed E-state index contributed by atoms with van der Waals surface area (Å²) in [6, 6.07) is 6.02. The predicted octanol–water partition coefficient (Wildman–Crippen LogP) is 3.49. The maximum Gasteiger partial charge on any atom is 0.459 e. The SMILES string of the molecule is COC(=O)[C@H](C)NP(=O)(OCC1CC(n2cnc3c(OC)nc(N)nc32)C1)Oc1ccc(Br)cc1. The van der Waals surface area contributed by atoms with Crippen molar-refractivity contribution in [3.8, 4) is 11.6 Å². The molecule has 0 bridgehead atoms. The van der Waals surface area contributed by atoms with Crippen LogP contribution in [0.15, 0.2) is 35.1 Å². The lowest BCUT2D eigenvalue weighted by molar-refractivity contribution is -0.142. The number of carbonyl (C=O) groups excluding carboxylic acids is 1. The molecule has 1 aliphatic rings. The molecule has 0 amide bonds. The van der Waals surface area contributed by atoms with Crippen molar-refractivity contribution >= 4 is 46.8 Å². The Morgan fingerprint density at radius 2 is 2.00 bits per heavy atom. The van der Waals surface area contributed by atoms with Gasteiger partial charge in [0.05, 0.1) is 27.2 Å². The third kappa shape index (κ3) is 5.75. The first-order chi connectivity index (χ1) is 16.7. The minimum absolute atomic E-state index is 0.104.